The van der Waals surface area contributed by atoms with Crippen LogP contribution in [-0.4, -0.2) is 305 Å². The van der Waals surface area contributed by atoms with Crippen LogP contribution in [0.25, 0.3) is 11.2 Å². The van der Waals surface area contributed by atoms with Gasteiger partial charge >= 0.3 is 33.6 Å². The zero-order valence-electron chi connectivity index (χ0n) is 61.6. The van der Waals surface area contributed by atoms with Crippen molar-refractivity contribution in [3.05, 3.63) is 62.8 Å². The van der Waals surface area contributed by atoms with E-state index in [0.717, 1.165) is 11.2 Å². The SMILES string of the molecule is C=CCCC(=O)N(C)[C@@H](CCN1CCCC(F)(F)C1)C(=O)O.C=CCCC(=O)N(C)[C@@H](CCN1CCCC(F)(F)C1)C(=O)OCC#N.C=CCCC(=O)N(C)[C@@H](CCN1CCCC(F)(F)C1)C(=O)O[C@H]1[C@@H](O)[C@H](n2cnc3c(N)ncnc32)O[C@@H]1COP(=O)(O)O[C@H]1[C@@H](O)[C@H](C2C=CC(=N)NC2=O)O[C@@H]1COP(=O)(O)O. The Labute approximate surface area is 635 Å². The number of phosphoric ester groups is 2. The van der Waals surface area contributed by atoms with Gasteiger partial charge in [-0.15, -0.1) is 19.7 Å². The Kier molecular flexibility index (Phi) is 34.8. The lowest BCUT2D eigenvalue weighted by Gasteiger charge is -2.35. The molecule has 2 aromatic heterocycles. The first-order chi connectivity index (χ1) is 52.1. The van der Waals surface area contributed by atoms with Gasteiger partial charge in [-0.25, -0.2) is 64.8 Å². The highest BCUT2D eigenvalue weighted by Gasteiger charge is 2.55. The summed E-state index contributed by atoms with van der Waals surface area (Å²) in [5, 5.41) is 50.6. The summed E-state index contributed by atoms with van der Waals surface area (Å²) in [5.41, 5.74) is 6.09. The summed E-state index contributed by atoms with van der Waals surface area (Å²) < 4.78 is 146. The highest BCUT2D eigenvalue weighted by atomic mass is 31.2. The van der Waals surface area contributed by atoms with E-state index in [4.69, 9.17) is 44.4 Å². The van der Waals surface area contributed by atoms with E-state index >= 15 is 0 Å². The van der Waals surface area contributed by atoms with Gasteiger partial charge in [0.15, 0.2) is 30.4 Å². The predicted octanol–water partition coefficient (Wildman–Crippen LogP) is 3.47. The number of ether oxygens (including phenoxy) is 4. The molecule has 0 saturated carbocycles. The number of anilines is 1. The van der Waals surface area contributed by atoms with Crippen LogP contribution in [0.15, 0.2) is 62.8 Å². The number of aromatic nitrogens is 4. The van der Waals surface area contributed by atoms with E-state index in [1.54, 1.807) is 28.0 Å². The van der Waals surface area contributed by atoms with Crippen LogP contribution in [0.3, 0.4) is 0 Å². The Hall–Kier alpha value is -7.72. The van der Waals surface area contributed by atoms with E-state index in [2.05, 4.69) is 44.5 Å². The van der Waals surface area contributed by atoms with Crippen molar-refractivity contribution in [2.45, 2.75) is 181 Å². The molecule has 36 nitrogen and oxygen atoms in total. The van der Waals surface area contributed by atoms with E-state index in [9.17, 15) is 99.0 Å². The first-order valence-corrected chi connectivity index (χ1v) is 38.6. The number of piperidine rings is 3. The Bertz CT molecular complexity index is 3750. The summed E-state index contributed by atoms with van der Waals surface area (Å²) in [6, 6.07) is -1.59. The number of aliphatic carboxylic acids is 1. The Morgan fingerprint density at radius 3 is 1.66 bits per heavy atom. The number of likely N-dealkylation sites (tertiary alicyclic amines) is 3. The molecule has 2 unspecified atom stereocenters. The average Bonchev–Trinajstić information content (AvgIpc) is 1.62. The van der Waals surface area contributed by atoms with Crippen molar-refractivity contribution in [2.75, 3.05) is 106 Å². The molecule has 13 atom stereocenters. The fraction of sp³-hybridized carbons (Fsp3) is 0.672. The quantitative estimate of drug-likeness (QED) is 0.0204. The van der Waals surface area contributed by atoms with Gasteiger partial charge in [-0.05, 0) is 83.5 Å². The number of likely N-dealkylation sites (N-methyl/N-ethyl adjacent to an activating group) is 3. The topological polar surface area (TPSA) is 488 Å². The standard InChI is InChI=1S/C35H49F2N9O16P2.C17H25F2N3O3.C15H24F2N2O3/c1-3-4-6-23(47)44(2)19(9-12-45-11-5-10-35(36,37)15-45)34(51)61-28-20(60-33(26(28)49)46-17-42-24-30(39)40-16-41-31(24)46)14-58-64(55,56)62-29-21(13-57-63(52,53)54)59-27(25(29)48)18-7-8-22(38)43-32(18)50;1-3-4-6-15(23)21(2)14(16(24)25-12-9-20)7-11-22-10-5-8-17(18,19)13-22;1-3-4-6-13(20)18(2)12(14(21)22)7-10-19-9-5-8-15(16,17)11-19/h3,7-8,16-21,25-29,33,48-49H,1,4-6,9-15H2,2H3,(H,55,56)(H2,38,43,50)(H2,39,40,41)(H2,52,53,54);3,14H,1,4-8,10-13H2,2H3;3,12H,1,4-11H2,2H3,(H,21,22)/t18?,19-,20+,21+,25-,26+,27-,28+,29+,33+;14-;12-/m000/s1. The molecular weight excluding hydrogens is 1530 g/mol. The number of aliphatic hydroxyl groups is 2. The number of carboxylic acid groups (broad SMARTS) is 1. The largest absolute Gasteiger partial charge is 0.480 e. The summed E-state index contributed by atoms with van der Waals surface area (Å²) in [6.45, 7) is 8.77. The number of amides is 4. The van der Waals surface area contributed by atoms with Crippen molar-refractivity contribution in [1.82, 2.24) is 54.2 Å². The normalized spacial score (nSPS) is 25.1. The predicted molar refractivity (Wildman–Crippen MR) is 379 cm³/mol. The lowest BCUT2D eigenvalue weighted by atomic mass is 9.93. The molecule has 5 saturated heterocycles. The van der Waals surface area contributed by atoms with Crippen LogP contribution in [0.5, 0.6) is 0 Å². The van der Waals surface area contributed by atoms with Gasteiger partial charge < -0.3 is 74.7 Å². The van der Waals surface area contributed by atoms with Crippen LogP contribution >= 0.6 is 15.6 Å². The van der Waals surface area contributed by atoms with Gasteiger partial charge in [-0.1, -0.05) is 24.3 Å². The number of nitrogens with one attached hydrogen (secondary N) is 2. The second-order valence-corrected chi connectivity index (χ2v) is 29.9. The monoisotopic (exact) mass is 1630 g/mol. The van der Waals surface area contributed by atoms with Crippen molar-refractivity contribution in [3.8, 4) is 6.07 Å². The molecule has 10 N–H and O–H groups in total. The van der Waals surface area contributed by atoms with Crippen LogP contribution < -0.4 is 11.1 Å². The van der Waals surface area contributed by atoms with Crippen molar-refractivity contribution in [2.24, 2.45) is 5.92 Å². The number of nitrogens with zero attached hydrogens (tertiary/aromatic N) is 11. The zero-order valence-corrected chi connectivity index (χ0v) is 63.3. The molecule has 5 fully saturated rings. The smallest absolute Gasteiger partial charge is 0.472 e. The Morgan fingerprint density at radius 2 is 1.20 bits per heavy atom. The number of carboxylic acids is 1. The average molecular weight is 1630 g/mol. The number of esters is 2. The number of halogens is 6. The summed E-state index contributed by atoms with van der Waals surface area (Å²) in [7, 11) is -6.40. The molecule has 0 bridgehead atoms. The number of amidine groups is 1. The number of nitriles is 1. The van der Waals surface area contributed by atoms with Crippen molar-refractivity contribution in [3.63, 3.8) is 0 Å². The fourth-order valence-electron chi connectivity index (χ4n) is 13.1. The van der Waals surface area contributed by atoms with Gasteiger partial charge in [-0.3, -0.25) is 57.4 Å². The van der Waals surface area contributed by atoms with Gasteiger partial charge in [-0.2, -0.15) is 5.26 Å². The third-order valence-electron chi connectivity index (χ3n) is 19.0. The molecular formula is C67H98F6N14O22P2. The molecule has 44 heteroatoms. The van der Waals surface area contributed by atoms with Crippen LogP contribution in [0, 0.1) is 22.7 Å². The van der Waals surface area contributed by atoms with E-state index in [0.29, 0.717) is 45.3 Å². The van der Waals surface area contributed by atoms with Gasteiger partial charge in [0.05, 0.1) is 45.1 Å². The first-order valence-electron chi connectivity index (χ1n) is 35.6. The zero-order chi connectivity index (χ0) is 82.3. The number of phosphoric acid groups is 2. The minimum Gasteiger partial charge on any atom is -0.480 e. The summed E-state index contributed by atoms with van der Waals surface area (Å²) >= 11 is 0. The Morgan fingerprint density at radius 1 is 0.730 bits per heavy atom. The molecule has 0 spiro atoms. The number of rotatable bonds is 36. The molecule has 8 heterocycles. The number of imidazole rings is 1. The maximum atomic E-state index is 14.3. The molecule has 4 amide bonds. The van der Waals surface area contributed by atoms with E-state index < -0.39 is 162 Å². The second kappa shape index (κ2) is 41.9. The van der Waals surface area contributed by atoms with Crippen molar-refractivity contribution >= 4 is 80.0 Å². The number of allylic oxidation sites excluding steroid dienone is 3. The number of aliphatic hydroxyl groups excluding tert-OH is 2. The first kappa shape index (κ1) is 92.2. The van der Waals surface area contributed by atoms with Gasteiger partial charge in [0, 0.05) is 79.3 Å². The molecule has 6 aliphatic rings. The molecule has 0 radical (unpaired) electrons. The number of nitrogen functional groups attached to an aromatic ring is 1. The summed E-state index contributed by atoms with van der Waals surface area (Å²) in [6.07, 6.45) is -2.47. The van der Waals surface area contributed by atoms with Crippen molar-refractivity contribution < 1.29 is 132 Å². The minimum atomic E-state index is -5.46. The fourth-order valence-corrected chi connectivity index (χ4v) is 14.4. The number of alkyl halides is 6. The summed E-state index contributed by atoms with van der Waals surface area (Å²) in [5.74, 6) is -14.8. The third kappa shape index (κ3) is 27.8. The van der Waals surface area contributed by atoms with Crippen LogP contribution in [-0.2, 0) is 75.2 Å². The number of carbonyl (C=O) groups is 7. The third-order valence-corrected chi connectivity index (χ3v) is 20.5. The van der Waals surface area contributed by atoms with Gasteiger partial charge in [0.2, 0.25) is 23.6 Å². The lowest BCUT2D eigenvalue weighted by Crippen LogP contribution is -2.50. The van der Waals surface area contributed by atoms with E-state index in [1.165, 1.54) is 65.0 Å². The molecule has 6 aliphatic heterocycles. The minimum absolute atomic E-state index is 0.0413. The second-order valence-electron chi connectivity index (χ2n) is 27.3. The Balaban J connectivity index is 0.000000332. The number of fused-ring (bicyclic) bond motifs is 1. The van der Waals surface area contributed by atoms with Crippen molar-refractivity contribution in [1.29, 1.82) is 10.7 Å². The van der Waals surface area contributed by atoms with Crippen LogP contribution in [0.2, 0.25) is 0 Å². The van der Waals surface area contributed by atoms with E-state index in [-0.39, 0.29) is 138 Å². The number of nitrogens with two attached hydrogens (primary N) is 1. The summed E-state index contributed by atoms with van der Waals surface area (Å²) in [4.78, 5) is 138. The highest BCUT2D eigenvalue weighted by Crippen LogP contribution is 2.50. The molecule has 2 aromatic rings. The number of hydrogen-bond donors (Lipinski definition) is 9. The molecule has 111 heavy (non-hydrogen) atoms. The maximum absolute atomic E-state index is 14.3. The van der Waals surface area contributed by atoms with Gasteiger partial charge in [0.25, 0.3) is 17.8 Å². The lowest BCUT2D eigenvalue weighted by molar-refractivity contribution is -0.166. The molecule has 0 aromatic carbocycles. The van der Waals surface area contributed by atoms with Crippen LogP contribution in [0.1, 0.15) is 103 Å². The molecule has 8 rings (SSSR count). The maximum Gasteiger partial charge on any atom is 0.472 e. The number of carbonyl (C=O) groups excluding carboxylic acids is 6. The van der Waals surface area contributed by atoms with E-state index in [1.807, 2.05) is 0 Å². The highest BCUT2D eigenvalue weighted by molar-refractivity contribution is 7.47. The molecule has 620 valence electrons. The van der Waals surface area contributed by atoms with Crippen LogP contribution in [0.4, 0.5) is 32.2 Å². The molecule has 0 aliphatic carbocycles. The number of hydrogen-bond acceptors (Lipinski definition) is 27. The van der Waals surface area contributed by atoms with Gasteiger partial charge in [0.1, 0.15) is 78.5 Å².